The lowest BCUT2D eigenvalue weighted by atomic mass is 9.98. The summed E-state index contributed by atoms with van der Waals surface area (Å²) in [6, 6.07) is 9.97. The van der Waals surface area contributed by atoms with E-state index in [1.165, 1.54) is 18.2 Å². The van der Waals surface area contributed by atoms with E-state index in [1.807, 2.05) is 26.8 Å². The van der Waals surface area contributed by atoms with Gasteiger partial charge in [-0.15, -0.1) is 0 Å². The molecule has 0 spiro atoms. The van der Waals surface area contributed by atoms with Crippen molar-refractivity contribution in [2.75, 3.05) is 0 Å². The molecule has 0 radical (unpaired) electrons. The van der Waals surface area contributed by atoms with Crippen LogP contribution >= 0.6 is 0 Å². The van der Waals surface area contributed by atoms with Gasteiger partial charge in [0.25, 0.3) is 0 Å². The van der Waals surface area contributed by atoms with Crippen molar-refractivity contribution in [3.8, 4) is 11.1 Å². The summed E-state index contributed by atoms with van der Waals surface area (Å²) < 4.78 is 26.9. The first-order valence-corrected chi connectivity index (χ1v) is 6.75. The Labute approximate surface area is 118 Å². The Bertz CT molecular complexity index is 606. The highest BCUT2D eigenvalue weighted by Gasteiger charge is 2.08. The second kappa shape index (κ2) is 6.14. The SMILES string of the molecule is Cc1cc(F)ccc1-c1ccc(F)c(CNC(C)C)c1. The molecule has 0 saturated carbocycles. The van der Waals surface area contributed by atoms with Crippen molar-refractivity contribution < 1.29 is 8.78 Å². The molecule has 0 aliphatic rings. The van der Waals surface area contributed by atoms with Crippen LogP contribution < -0.4 is 5.32 Å². The average Bonchev–Trinajstić information content (AvgIpc) is 2.38. The van der Waals surface area contributed by atoms with E-state index in [0.29, 0.717) is 18.2 Å². The largest absolute Gasteiger partial charge is 0.310 e. The molecule has 1 nitrogen and oxygen atoms in total. The molecule has 2 aromatic carbocycles. The fourth-order valence-electron chi connectivity index (χ4n) is 2.14. The molecule has 0 aliphatic carbocycles. The summed E-state index contributed by atoms with van der Waals surface area (Å²) in [6.07, 6.45) is 0. The Morgan fingerprint density at radius 2 is 1.80 bits per heavy atom. The first kappa shape index (κ1) is 14.7. The maximum absolute atomic E-state index is 13.8. The Kier molecular flexibility index (Phi) is 4.50. The van der Waals surface area contributed by atoms with Crippen LogP contribution in [0.4, 0.5) is 8.78 Å². The Hall–Kier alpha value is -1.74. The summed E-state index contributed by atoms with van der Waals surface area (Å²) in [7, 11) is 0. The highest BCUT2D eigenvalue weighted by molar-refractivity contribution is 5.67. The number of nitrogens with one attached hydrogen (secondary N) is 1. The van der Waals surface area contributed by atoms with E-state index in [4.69, 9.17) is 0 Å². The van der Waals surface area contributed by atoms with E-state index in [2.05, 4.69) is 5.32 Å². The van der Waals surface area contributed by atoms with E-state index in [1.54, 1.807) is 12.1 Å². The zero-order valence-electron chi connectivity index (χ0n) is 12.0. The molecule has 3 heteroatoms. The predicted molar refractivity (Wildman–Crippen MR) is 78.5 cm³/mol. The van der Waals surface area contributed by atoms with Crippen LogP contribution in [0.15, 0.2) is 36.4 Å². The van der Waals surface area contributed by atoms with E-state index in [0.717, 1.165) is 16.7 Å². The summed E-state index contributed by atoms with van der Waals surface area (Å²) in [5.74, 6) is -0.475. The molecular weight excluding hydrogens is 256 g/mol. The van der Waals surface area contributed by atoms with Crippen LogP contribution in [0.3, 0.4) is 0 Å². The topological polar surface area (TPSA) is 12.0 Å². The minimum atomic E-state index is -0.255. The van der Waals surface area contributed by atoms with E-state index in [-0.39, 0.29) is 11.6 Å². The zero-order chi connectivity index (χ0) is 14.7. The number of hydrogen-bond donors (Lipinski definition) is 1. The molecule has 0 unspecified atom stereocenters. The standard InChI is InChI=1S/C17H19F2N/c1-11(2)20-10-14-9-13(4-7-17(14)19)16-6-5-15(18)8-12(16)3/h4-9,11,20H,10H2,1-3H3. The number of aryl methyl sites for hydroxylation is 1. The average molecular weight is 275 g/mol. The number of rotatable bonds is 4. The molecule has 0 heterocycles. The highest BCUT2D eigenvalue weighted by Crippen LogP contribution is 2.26. The summed E-state index contributed by atoms with van der Waals surface area (Å²) in [6.45, 7) is 6.38. The molecule has 2 aromatic rings. The van der Waals surface area contributed by atoms with Crippen molar-refractivity contribution in [2.24, 2.45) is 0 Å². The predicted octanol–water partition coefficient (Wildman–Crippen LogP) is 4.44. The Morgan fingerprint density at radius 1 is 1.05 bits per heavy atom. The molecule has 0 saturated heterocycles. The fourth-order valence-corrected chi connectivity index (χ4v) is 2.14. The maximum atomic E-state index is 13.8. The molecule has 106 valence electrons. The quantitative estimate of drug-likeness (QED) is 0.870. The van der Waals surface area contributed by atoms with Gasteiger partial charge >= 0.3 is 0 Å². The maximum Gasteiger partial charge on any atom is 0.127 e. The molecule has 0 atom stereocenters. The van der Waals surface area contributed by atoms with Crippen molar-refractivity contribution in [3.05, 3.63) is 59.2 Å². The van der Waals surface area contributed by atoms with Gasteiger partial charge in [-0.05, 0) is 47.9 Å². The Balaban J connectivity index is 2.35. The van der Waals surface area contributed by atoms with E-state index < -0.39 is 0 Å². The second-order valence-electron chi connectivity index (χ2n) is 5.30. The molecular formula is C17H19F2N. The van der Waals surface area contributed by atoms with Gasteiger partial charge < -0.3 is 5.32 Å². The molecule has 1 N–H and O–H groups in total. The van der Waals surface area contributed by atoms with Crippen molar-refractivity contribution >= 4 is 0 Å². The number of halogens is 2. The molecule has 0 aromatic heterocycles. The minimum absolute atomic E-state index is 0.221. The normalized spacial score (nSPS) is 11.1. The first-order chi connectivity index (χ1) is 9.47. The van der Waals surface area contributed by atoms with Gasteiger partial charge in [0.05, 0.1) is 0 Å². The van der Waals surface area contributed by atoms with Gasteiger partial charge in [-0.2, -0.15) is 0 Å². The van der Waals surface area contributed by atoms with E-state index >= 15 is 0 Å². The second-order valence-corrected chi connectivity index (χ2v) is 5.30. The molecule has 0 fully saturated rings. The van der Waals surface area contributed by atoms with Gasteiger partial charge in [-0.1, -0.05) is 26.0 Å². The van der Waals surface area contributed by atoms with Crippen LogP contribution in [0, 0.1) is 18.6 Å². The van der Waals surface area contributed by atoms with Gasteiger partial charge in [0.2, 0.25) is 0 Å². The highest BCUT2D eigenvalue weighted by atomic mass is 19.1. The third kappa shape index (κ3) is 3.42. The summed E-state index contributed by atoms with van der Waals surface area (Å²) in [4.78, 5) is 0. The summed E-state index contributed by atoms with van der Waals surface area (Å²) in [5, 5.41) is 3.21. The van der Waals surface area contributed by atoms with Crippen molar-refractivity contribution in [3.63, 3.8) is 0 Å². The van der Waals surface area contributed by atoms with Crippen molar-refractivity contribution in [1.29, 1.82) is 0 Å². The van der Waals surface area contributed by atoms with Gasteiger partial charge in [-0.25, -0.2) is 8.78 Å². The van der Waals surface area contributed by atoms with E-state index in [9.17, 15) is 8.78 Å². The summed E-state index contributed by atoms with van der Waals surface area (Å²) in [5.41, 5.74) is 3.31. The van der Waals surface area contributed by atoms with Crippen LogP contribution in [0.1, 0.15) is 25.0 Å². The molecule has 20 heavy (non-hydrogen) atoms. The first-order valence-electron chi connectivity index (χ1n) is 6.75. The number of hydrogen-bond acceptors (Lipinski definition) is 1. The van der Waals surface area contributed by atoms with Crippen molar-refractivity contribution in [2.45, 2.75) is 33.4 Å². The van der Waals surface area contributed by atoms with Crippen LogP contribution in [0.2, 0.25) is 0 Å². The van der Waals surface area contributed by atoms with Crippen LogP contribution in [0.25, 0.3) is 11.1 Å². The molecule has 0 amide bonds. The lowest BCUT2D eigenvalue weighted by Crippen LogP contribution is -2.22. The van der Waals surface area contributed by atoms with Gasteiger partial charge in [-0.3, -0.25) is 0 Å². The van der Waals surface area contributed by atoms with Gasteiger partial charge in [0.15, 0.2) is 0 Å². The molecule has 0 bridgehead atoms. The summed E-state index contributed by atoms with van der Waals surface area (Å²) >= 11 is 0. The number of benzene rings is 2. The van der Waals surface area contributed by atoms with Crippen LogP contribution in [-0.2, 0) is 6.54 Å². The lowest BCUT2D eigenvalue weighted by molar-refractivity contribution is 0.553. The fraction of sp³-hybridized carbons (Fsp3) is 0.294. The zero-order valence-corrected chi connectivity index (χ0v) is 12.0. The van der Waals surface area contributed by atoms with Gasteiger partial charge in [0.1, 0.15) is 11.6 Å². The van der Waals surface area contributed by atoms with Crippen LogP contribution in [0.5, 0.6) is 0 Å². The van der Waals surface area contributed by atoms with Crippen molar-refractivity contribution in [1.82, 2.24) is 5.32 Å². The third-order valence-corrected chi connectivity index (χ3v) is 3.25. The monoisotopic (exact) mass is 275 g/mol. The van der Waals surface area contributed by atoms with Gasteiger partial charge in [0, 0.05) is 18.2 Å². The minimum Gasteiger partial charge on any atom is -0.310 e. The third-order valence-electron chi connectivity index (χ3n) is 3.25. The van der Waals surface area contributed by atoms with Crippen LogP contribution in [-0.4, -0.2) is 6.04 Å². The molecule has 0 aliphatic heterocycles. The lowest BCUT2D eigenvalue weighted by Gasteiger charge is -2.12. The smallest absolute Gasteiger partial charge is 0.127 e. The Morgan fingerprint density at radius 3 is 2.45 bits per heavy atom. The molecule has 2 rings (SSSR count).